The lowest BCUT2D eigenvalue weighted by molar-refractivity contribution is 0.0566. The van der Waals surface area contributed by atoms with Crippen LogP contribution >= 0.6 is 0 Å². The number of piperidine rings is 1. The molecule has 1 fully saturated rings. The molecule has 3 aromatic rings. The van der Waals surface area contributed by atoms with Crippen LogP contribution in [0.2, 0.25) is 0 Å². The third-order valence-corrected chi connectivity index (χ3v) is 5.22. The highest BCUT2D eigenvalue weighted by molar-refractivity contribution is 5.97. The Labute approximate surface area is 169 Å². The fraction of sp³-hybridized carbons (Fsp3) is 0.304. The van der Waals surface area contributed by atoms with E-state index in [1.807, 2.05) is 23.1 Å². The van der Waals surface area contributed by atoms with E-state index in [0.717, 1.165) is 24.8 Å². The van der Waals surface area contributed by atoms with Crippen molar-refractivity contribution in [2.45, 2.75) is 31.7 Å². The van der Waals surface area contributed by atoms with Crippen LogP contribution in [0.3, 0.4) is 0 Å². The zero-order valence-corrected chi connectivity index (χ0v) is 16.3. The van der Waals surface area contributed by atoms with Gasteiger partial charge in [0.1, 0.15) is 23.4 Å². The fourth-order valence-electron chi connectivity index (χ4n) is 3.81. The van der Waals surface area contributed by atoms with E-state index in [9.17, 15) is 9.18 Å². The highest BCUT2D eigenvalue weighted by Crippen LogP contribution is 2.33. The number of rotatable bonds is 5. The van der Waals surface area contributed by atoms with Crippen molar-refractivity contribution in [3.63, 3.8) is 0 Å². The van der Waals surface area contributed by atoms with Gasteiger partial charge < -0.3 is 14.1 Å². The van der Waals surface area contributed by atoms with Crippen molar-refractivity contribution >= 4 is 5.91 Å². The zero-order valence-electron chi connectivity index (χ0n) is 16.3. The molecule has 0 aliphatic carbocycles. The number of ether oxygens (including phenoxy) is 1. The zero-order chi connectivity index (χ0) is 20.2. The van der Waals surface area contributed by atoms with Gasteiger partial charge in [-0.15, -0.1) is 0 Å². The van der Waals surface area contributed by atoms with E-state index in [4.69, 9.17) is 9.15 Å². The van der Waals surface area contributed by atoms with Gasteiger partial charge in [-0.1, -0.05) is 24.3 Å². The van der Waals surface area contributed by atoms with E-state index in [-0.39, 0.29) is 17.8 Å². The highest BCUT2D eigenvalue weighted by Gasteiger charge is 2.33. The molecule has 4 rings (SSSR count). The summed E-state index contributed by atoms with van der Waals surface area (Å²) in [4.78, 5) is 19.5. The summed E-state index contributed by atoms with van der Waals surface area (Å²) in [6.45, 7) is 0.642. The van der Waals surface area contributed by atoms with Gasteiger partial charge in [-0.25, -0.2) is 9.37 Å². The van der Waals surface area contributed by atoms with Gasteiger partial charge >= 0.3 is 0 Å². The van der Waals surface area contributed by atoms with E-state index in [2.05, 4.69) is 4.98 Å². The summed E-state index contributed by atoms with van der Waals surface area (Å²) in [7, 11) is 1.56. The topological polar surface area (TPSA) is 55.6 Å². The molecule has 0 saturated carbocycles. The summed E-state index contributed by atoms with van der Waals surface area (Å²) >= 11 is 0. The molecular weight excluding hydrogens is 371 g/mol. The van der Waals surface area contributed by atoms with Crippen LogP contribution < -0.4 is 4.74 Å². The molecule has 1 aliphatic heterocycles. The molecule has 1 amide bonds. The quantitative estimate of drug-likeness (QED) is 0.625. The SMILES string of the molecule is COc1ccccc1C(=O)N1CCCC[C@@H]1c1ncc(Cc2cccc(F)c2)o1. The average molecular weight is 394 g/mol. The van der Waals surface area contributed by atoms with Crippen molar-refractivity contribution in [1.82, 2.24) is 9.88 Å². The molecule has 29 heavy (non-hydrogen) atoms. The molecule has 0 bridgehead atoms. The van der Waals surface area contributed by atoms with Crippen molar-refractivity contribution in [3.8, 4) is 5.75 Å². The number of hydrogen-bond donors (Lipinski definition) is 0. The summed E-state index contributed by atoms with van der Waals surface area (Å²) in [5.74, 6) is 1.38. The maximum absolute atomic E-state index is 13.4. The number of carbonyl (C=O) groups excluding carboxylic acids is 1. The lowest BCUT2D eigenvalue weighted by Gasteiger charge is -2.34. The molecule has 0 radical (unpaired) electrons. The molecule has 0 spiro atoms. The molecule has 1 aliphatic rings. The van der Waals surface area contributed by atoms with Crippen LogP contribution in [0.5, 0.6) is 5.75 Å². The first-order valence-electron chi connectivity index (χ1n) is 9.78. The van der Waals surface area contributed by atoms with Gasteiger partial charge in [0.2, 0.25) is 5.89 Å². The van der Waals surface area contributed by atoms with Crippen molar-refractivity contribution in [2.24, 2.45) is 0 Å². The predicted octanol–water partition coefficient (Wildman–Crippen LogP) is 4.78. The highest BCUT2D eigenvalue weighted by atomic mass is 19.1. The number of likely N-dealkylation sites (tertiary alicyclic amines) is 1. The van der Waals surface area contributed by atoms with Gasteiger partial charge in [0.25, 0.3) is 5.91 Å². The van der Waals surface area contributed by atoms with Crippen molar-refractivity contribution in [1.29, 1.82) is 0 Å². The van der Waals surface area contributed by atoms with Crippen LogP contribution in [0.25, 0.3) is 0 Å². The molecule has 0 N–H and O–H groups in total. The maximum Gasteiger partial charge on any atom is 0.258 e. The Bertz CT molecular complexity index is 1000. The van der Waals surface area contributed by atoms with Gasteiger partial charge in [-0.2, -0.15) is 0 Å². The molecule has 1 atom stereocenters. The molecule has 5 nitrogen and oxygen atoms in total. The second-order valence-corrected chi connectivity index (χ2v) is 7.18. The smallest absolute Gasteiger partial charge is 0.258 e. The van der Waals surface area contributed by atoms with Gasteiger partial charge in [0, 0.05) is 13.0 Å². The molecule has 0 unspecified atom stereocenters. The number of para-hydroxylation sites is 1. The Hall–Kier alpha value is -3.15. The van der Waals surface area contributed by atoms with E-state index in [1.54, 1.807) is 31.5 Å². The van der Waals surface area contributed by atoms with Crippen molar-refractivity contribution in [2.75, 3.05) is 13.7 Å². The number of aromatic nitrogens is 1. The first kappa shape index (κ1) is 19.2. The van der Waals surface area contributed by atoms with E-state index in [1.165, 1.54) is 12.1 Å². The minimum absolute atomic E-state index is 0.0861. The van der Waals surface area contributed by atoms with Gasteiger partial charge in [-0.05, 0) is 49.1 Å². The lowest BCUT2D eigenvalue weighted by Crippen LogP contribution is -2.38. The Morgan fingerprint density at radius 1 is 1.24 bits per heavy atom. The third-order valence-electron chi connectivity index (χ3n) is 5.22. The summed E-state index contributed by atoms with van der Waals surface area (Å²) in [6, 6.07) is 13.4. The third kappa shape index (κ3) is 4.16. The lowest BCUT2D eigenvalue weighted by atomic mass is 10.0. The number of nitrogens with zero attached hydrogens (tertiary/aromatic N) is 2. The summed E-state index contributed by atoms with van der Waals surface area (Å²) < 4.78 is 24.8. The number of methoxy groups -OCH3 is 1. The second-order valence-electron chi connectivity index (χ2n) is 7.18. The maximum atomic E-state index is 13.4. The Balaban J connectivity index is 1.56. The fourth-order valence-corrected chi connectivity index (χ4v) is 3.81. The van der Waals surface area contributed by atoms with Crippen LogP contribution in [-0.2, 0) is 6.42 Å². The predicted molar refractivity (Wildman–Crippen MR) is 106 cm³/mol. The number of amides is 1. The minimum Gasteiger partial charge on any atom is -0.496 e. The number of benzene rings is 2. The number of oxazole rings is 1. The largest absolute Gasteiger partial charge is 0.496 e. The molecule has 2 aromatic carbocycles. The van der Waals surface area contributed by atoms with Crippen molar-refractivity contribution in [3.05, 3.63) is 83.3 Å². The Kier molecular flexibility index (Phi) is 5.60. The molecule has 1 saturated heterocycles. The number of hydrogen-bond acceptors (Lipinski definition) is 4. The summed E-state index contributed by atoms with van der Waals surface area (Å²) in [6.07, 6.45) is 4.86. The Morgan fingerprint density at radius 2 is 2.10 bits per heavy atom. The van der Waals surface area contributed by atoms with E-state index in [0.29, 0.717) is 35.9 Å². The van der Waals surface area contributed by atoms with Crippen LogP contribution in [0.15, 0.2) is 59.1 Å². The molecule has 1 aromatic heterocycles. The first-order chi connectivity index (χ1) is 14.2. The van der Waals surface area contributed by atoms with Crippen LogP contribution in [-0.4, -0.2) is 29.4 Å². The van der Waals surface area contributed by atoms with Crippen LogP contribution in [0.1, 0.15) is 52.9 Å². The summed E-state index contributed by atoms with van der Waals surface area (Å²) in [5.41, 5.74) is 1.35. The second kappa shape index (κ2) is 8.47. The van der Waals surface area contributed by atoms with Gasteiger partial charge in [0.05, 0.1) is 18.9 Å². The van der Waals surface area contributed by atoms with Crippen molar-refractivity contribution < 1.29 is 18.3 Å². The van der Waals surface area contributed by atoms with Gasteiger partial charge in [-0.3, -0.25) is 4.79 Å². The van der Waals surface area contributed by atoms with Crippen LogP contribution in [0.4, 0.5) is 4.39 Å². The normalized spacial score (nSPS) is 16.6. The number of halogens is 1. The number of carbonyl (C=O) groups is 1. The van der Waals surface area contributed by atoms with Gasteiger partial charge in [0.15, 0.2) is 0 Å². The molecule has 2 heterocycles. The Morgan fingerprint density at radius 3 is 2.93 bits per heavy atom. The molecule has 150 valence electrons. The summed E-state index contributed by atoms with van der Waals surface area (Å²) in [5, 5.41) is 0. The monoisotopic (exact) mass is 394 g/mol. The molecular formula is C23H23FN2O3. The van der Waals surface area contributed by atoms with E-state index < -0.39 is 0 Å². The minimum atomic E-state index is -0.275. The van der Waals surface area contributed by atoms with E-state index >= 15 is 0 Å². The first-order valence-corrected chi connectivity index (χ1v) is 9.78. The molecule has 6 heteroatoms. The van der Waals surface area contributed by atoms with Crippen LogP contribution in [0, 0.1) is 5.82 Å². The average Bonchev–Trinajstić information content (AvgIpc) is 3.21. The standard InChI is InChI=1S/C23H23FN2O3/c1-28-21-11-3-2-9-19(21)23(27)26-12-5-4-10-20(26)22-25-15-18(29-22)14-16-7-6-8-17(24)13-16/h2-3,6-9,11,13,15,20H,4-5,10,12,14H2,1H3/t20-/m1/s1.